The van der Waals surface area contributed by atoms with Crippen LogP contribution in [-0.4, -0.2) is 149 Å². The van der Waals surface area contributed by atoms with Gasteiger partial charge in [0.2, 0.25) is 0 Å². The van der Waals surface area contributed by atoms with Gasteiger partial charge in [0.05, 0.1) is 46.2 Å². The van der Waals surface area contributed by atoms with Gasteiger partial charge in [-0.2, -0.15) is 0 Å². The summed E-state index contributed by atoms with van der Waals surface area (Å²) in [4.78, 5) is 11.6. The lowest BCUT2D eigenvalue weighted by Gasteiger charge is -2.50. The van der Waals surface area contributed by atoms with Gasteiger partial charge in [0.15, 0.2) is 0 Å². The van der Waals surface area contributed by atoms with Crippen molar-refractivity contribution < 1.29 is 64.3 Å². The van der Waals surface area contributed by atoms with Crippen LogP contribution in [0.1, 0.15) is 32.6 Å². The second kappa shape index (κ2) is 20.3. The molecule has 14 nitrogen and oxygen atoms in total. The van der Waals surface area contributed by atoms with Gasteiger partial charge in [-0.05, 0) is 83.0 Å². The number of aliphatic hydroxyl groups is 1. The predicted octanol–water partition coefficient (Wildman–Crippen LogP) is 3.66. The van der Waals surface area contributed by atoms with Crippen molar-refractivity contribution in [1.82, 2.24) is 0 Å². The van der Waals surface area contributed by atoms with Crippen LogP contribution >= 0.6 is 0 Å². The highest BCUT2D eigenvalue weighted by molar-refractivity contribution is 6.93. The zero-order valence-electron chi connectivity index (χ0n) is 30.9. The van der Waals surface area contributed by atoms with Crippen molar-refractivity contribution in [3.63, 3.8) is 0 Å². The van der Waals surface area contributed by atoms with Crippen LogP contribution in [-0.2, 0) is 59.2 Å². The summed E-state index contributed by atoms with van der Waals surface area (Å²) >= 11 is 0. The van der Waals surface area contributed by atoms with Crippen LogP contribution in [0.3, 0.4) is 0 Å². The molecule has 4 aliphatic rings. The van der Waals surface area contributed by atoms with Gasteiger partial charge in [0.1, 0.15) is 31.0 Å². The molecule has 0 aromatic carbocycles. The Morgan fingerprint density at radius 3 is 1.26 bits per heavy atom. The van der Waals surface area contributed by atoms with Crippen molar-refractivity contribution in [1.29, 1.82) is 0 Å². The van der Waals surface area contributed by atoms with E-state index in [1.165, 1.54) is 0 Å². The maximum atomic E-state index is 11.6. The van der Waals surface area contributed by atoms with Crippen molar-refractivity contribution in [3.05, 3.63) is 12.2 Å². The van der Waals surface area contributed by atoms with Crippen LogP contribution in [0.15, 0.2) is 12.2 Å². The summed E-state index contributed by atoms with van der Waals surface area (Å²) in [5.74, 6) is -0.534. The molecule has 1 N–H and O–H groups in total. The summed E-state index contributed by atoms with van der Waals surface area (Å²) in [6, 6.07) is 2.96. The molecule has 0 spiro atoms. The summed E-state index contributed by atoms with van der Waals surface area (Å²) in [7, 11) is -11.3. The van der Waals surface area contributed by atoms with E-state index in [1.54, 1.807) is 6.92 Å². The smallest absolute Gasteiger partial charge is 0.333 e. The third-order valence-corrected chi connectivity index (χ3v) is 27.5. The van der Waals surface area contributed by atoms with E-state index in [-0.39, 0.29) is 37.1 Å². The number of epoxide rings is 3. The van der Waals surface area contributed by atoms with Crippen LogP contribution < -0.4 is 0 Å². The van der Waals surface area contributed by atoms with Crippen LogP contribution in [0.4, 0.5) is 0 Å². The van der Waals surface area contributed by atoms with E-state index < -0.39 is 46.3 Å². The van der Waals surface area contributed by atoms with Gasteiger partial charge in [0.25, 0.3) is 0 Å². The average Bonchev–Trinajstić information content (AvgIpc) is 3.87. The highest BCUT2D eigenvalue weighted by atomic mass is 28.5. The highest BCUT2D eigenvalue weighted by Gasteiger charge is 2.56. The monoisotopic (exact) mass is 782 g/mol. The molecule has 6 atom stereocenters. The quantitative estimate of drug-likeness (QED) is 0.0423. The molecule has 18 heteroatoms. The number of aliphatic hydroxyl groups excluding tert-OH is 1. The van der Waals surface area contributed by atoms with Gasteiger partial charge >= 0.3 is 40.2 Å². The number of rotatable bonds is 27. The van der Waals surface area contributed by atoms with Crippen LogP contribution in [0.25, 0.3) is 0 Å². The number of carbonyl (C=O) groups is 1. The topological polar surface area (TPSA) is 158 Å². The lowest BCUT2D eigenvalue weighted by molar-refractivity contribution is -0.143. The molecule has 4 aliphatic heterocycles. The Balaban J connectivity index is 1.38. The summed E-state index contributed by atoms with van der Waals surface area (Å²) in [5, 5.41) is 10.2. The molecule has 4 rings (SSSR count). The number of hydrogen-bond acceptors (Lipinski definition) is 14. The van der Waals surface area contributed by atoms with Crippen LogP contribution in [0, 0.1) is 0 Å². The number of hydrogen-bond donors (Lipinski definition) is 1. The first-order chi connectivity index (χ1) is 23.8. The van der Waals surface area contributed by atoms with Crippen molar-refractivity contribution in [2.24, 2.45) is 0 Å². The molecule has 4 saturated heterocycles. The molecular weight excluding hydrogens is 721 g/mol. The molecule has 0 saturated carbocycles. The van der Waals surface area contributed by atoms with E-state index >= 15 is 0 Å². The van der Waals surface area contributed by atoms with Gasteiger partial charge in [-0.1, -0.05) is 6.58 Å². The minimum absolute atomic E-state index is 0.0494. The Bertz CT molecular complexity index is 1010. The van der Waals surface area contributed by atoms with Crippen molar-refractivity contribution in [2.75, 3.05) is 79.3 Å². The summed E-state index contributed by atoms with van der Waals surface area (Å²) < 4.78 is 73.2. The van der Waals surface area contributed by atoms with Gasteiger partial charge in [0, 0.05) is 32.0 Å². The Labute approximate surface area is 302 Å². The largest absolute Gasteiger partial charge is 0.460 e. The standard InChI is InChI=1S/C32H62O14Si4/c1-27(2)32(34)42-20-28(33)19-35-11-7-15-47(3)43-48(4,16-8-12-36-21-29-24-39-29)45-50(6,18-10-14-38-23-31-26-41-31)46-49(5,44-47)17-9-13-37-22-30-25-40-30/h28-31,33H,1,7-26H2,2-6H3/t28-,29+,30+,31+,47?,48?,49?,50?/m0/s1. The maximum Gasteiger partial charge on any atom is 0.333 e. The minimum Gasteiger partial charge on any atom is -0.460 e. The first-order valence-corrected chi connectivity index (χ1v) is 28.3. The first kappa shape index (κ1) is 42.3. The van der Waals surface area contributed by atoms with E-state index in [4.69, 9.17) is 54.4 Å². The molecular formula is C32H62O14Si4. The second-order valence-electron chi connectivity index (χ2n) is 14.6. The molecule has 0 amide bonds. The van der Waals surface area contributed by atoms with E-state index in [0.29, 0.717) is 58.7 Å². The third kappa shape index (κ3) is 17.2. The Morgan fingerprint density at radius 1 is 0.640 bits per heavy atom. The van der Waals surface area contributed by atoms with E-state index in [1.807, 2.05) is 0 Å². The van der Waals surface area contributed by atoms with E-state index in [9.17, 15) is 9.90 Å². The van der Waals surface area contributed by atoms with Crippen molar-refractivity contribution in [3.8, 4) is 0 Å². The number of ether oxygens (including phenoxy) is 8. The summed E-state index contributed by atoms with van der Waals surface area (Å²) in [6.45, 7) is 20.0. The SMILES string of the molecule is C=C(C)C(=O)OC[C@@H](O)COCCC[Si]1(C)O[Si](C)(CCCOC[C@@H]2CO2)O[Si](C)(CCCOC[C@@H]2CO2)O[Si](C)(CCCOC[C@@H]2CO2)O1. The third-order valence-electron chi connectivity index (χ3n) is 8.59. The minimum atomic E-state index is -2.86. The van der Waals surface area contributed by atoms with Crippen molar-refractivity contribution in [2.45, 2.75) is 107 Å². The Kier molecular flexibility index (Phi) is 17.2. The molecule has 0 aromatic rings. The molecule has 0 aliphatic carbocycles. The average molecular weight is 783 g/mol. The second-order valence-corrected chi connectivity index (χ2v) is 28.9. The van der Waals surface area contributed by atoms with Crippen molar-refractivity contribution >= 4 is 40.2 Å². The lowest BCUT2D eigenvalue weighted by Crippen LogP contribution is -2.67. The van der Waals surface area contributed by atoms with E-state index in [2.05, 4.69) is 32.8 Å². The molecule has 4 heterocycles. The predicted molar refractivity (Wildman–Crippen MR) is 193 cm³/mol. The summed E-state index contributed by atoms with van der Waals surface area (Å²) in [6.07, 6.45) is 2.87. The van der Waals surface area contributed by atoms with Gasteiger partial charge in [-0.3, -0.25) is 0 Å². The fraction of sp³-hybridized carbons (Fsp3) is 0.906. The molecule has 4 fully saturated rings. The molecule has 2 unspecified atom stereocenters. The number of carbonyl (C=O) groups excluding carboxylic acids is 1. The molecule has 290 valence electrons. The Morgan fingerprint density at radius 2 is 0.960 bits per heavy atom. The van der Waals surface area contributed by atoms with Gasteiger partial charge < -0.3 is 59.5 Å². The molecule has 0 radical (unpaired) electrons. The highest BCUT2D eigenvalue weighted by Crippen LogP contribution is 2.39. The molecule has 50 heavy (non-hydrogen) atoms. The zero-order valence-corrected chi connectivity index (χ0v) is 34.9. The van der Waals surface area contributed by atoms with Crippen LogP contribution in [0.2, 0.25) is 50.4 Å². The Hall–Kier alpha value is -0.402. The number of esters is 1. The normalized spacial score (nSPS) is 34.1. The fourth-order valence-corrected chi connectivity index (χ4v) is 29.2. The maximum absolute atomic E-state index is 11.6. The molecule has 0 bridgehead atoms. The zero-order chi connectivity index (χ0) is 36.1. The fourth-order valence-electron chi connectivity index (χ4n) is 6.00. The van der Waals surface area contributed by atoms with Crippen LogP contribution in [0.5, 0.6) is 0 Å². The first-order valence-electron chi connectivity index (χ1n) is 18.3. The molecule has 0 aromatic heterocycles. The van der Waals surface area contributed by atoms with Gasteiger partial charge in [-0.25, -0.2) is 4.79 Å². The van der Waals surface area contributed by atoms with E-state index in [0.717, 1.165) is 57.2 Å². The summed E-state index contributed by atoms with van der Waals surface area (Å²) in [5.41, 5.74) is 0.284. The lowest BCUT2D eigenvalue weighted by atomic mass is 10.3. The van der Waals surface area contributed by atoms with Gasteiger partial charge in [-0.15, -0.1) is 0 Å².